The Balaban J connectivity index is 2.64. The first kappa shape index (κ1) is 17.7. The van der Waals surface area contributed by atoms with Crippen LogP contribution in [0.4, 0.5) is 13.2 Å². The number of hydrogen-bond acceptors (Lipinski definition) is 3. The summed E-state index contributed by atoms with van der Waals surface area (Å²) in [5.74, 6) is -1.10. The third kappa shape index (κ3) is 6.79. The van der Waals surface area contributed by atoms with Crippen molar-refractivity contribution in [3.05, 3.63) is 0 Å². The fourth-order valence-electron chi connectivity index (χ4n) is 2.23. The number of carbonyl (C=O) groups is 2. The van der Waals surface area contributed by atoms with Crippen molar-refractivity contribution in [3.63, 3.8) is 0 Å². The topological polar surface area (TPSA) is 52.7 Å². The van der Waals surface area contributed by atoms with Gasteiger partial charge in [-0.15, -0.1) is 0 Å². The summed E-state index contributed by atoms with van der Waals surface area (Å²) in [7, 11) is 2.90. The van der Waals surface area contributed by atoms with Gasteiger partial charge in [-0.1, -0.05) is 0 Å². The lowest BCUT2D eigenvalue weighted by Crippen LogP contribution is -2.46. The number of alkyl halides is 3. The van der Waals surface area contributed by atoms with Crippen molar-refractivity contribution in [2.75, 3.05) is 40.3 Å². The lowest BCUT2D eigenvalue weighted by atomic mass is 9.95. The third-order valence-electron chi connectivity index (χ3n) is 3.41. The molecule has 1 unspecified atom stereocenters. The molecule has 0 bridgehead atoms. The van der Waals surface area contributed by atoms with Crippen LogP contribution in [-0.4, -0.2) is 68.1 Å². The Morgan fingerprint density at radius 1 is 1.24 bits per heavy atom. The van der Waals surface area contributed by atoms with Crippen LogP contribution >= 0.6 is 0 Å². The molecule has 0 aromatic carbocycles. The minimum atomic E-state index is -4.51. The highest BCUT2D eigenvalue weighted by Crippen LogP contribution is 2.20. The molecule has 0 aromatic rings. The quantitative estimate of drug-likeness (QED) is 0.819. The van der Waals surface area contributed by atoms with E-state index in [0.717, 1.165) is 19.4 Å². The number of carbonyl (C=O) groups excluding carboxylic acids is 2. The lowest BCUT2D eigenvalue weighted by molar-refractivity contribution is -0.164. The van der Waals surface area contributed by atoms with Gasteiger partial charge in [0.25, 0.3) is 0 Å². The van der Waals surface area contributed by atoms with Crippen molar-refractivity contribution in [1.82, 2.24) is 15.1 Å². The first-order valence-electron chi connectivity index (χ1n) is 6.94. The van der Waals surface area contributed by atoms with E-state index in [-0.39, 0.29) is 12.3 Å². The maximum absolute atomic E-state index is 12.6. The highest BCUT2D eigenvalue weighted by Gasteiger charge is 2.34. The molecule has 5 nitrogen and oxygen atoms in total. The van der Waals surface area contributed by atoms with Gasteiger partial charge in [0.15, 0.2) is 0 Å². The van der Waals surface area contributed by atoms with Crippen molar-refractivity contribution < 1.29 is 22.8 Å². The van der Waals surface area contributed by atoms with Gasteiger partial charge in [0, 0.05) is 20.5 Å². The van der Waals surface area contributed by atoms with Gasteiger partial charge in [-0.2, -0.15) is 13.2 Å². The zero-order valence-corrected chi connectivity index (χ0v) is 12.4. The van der Waals surface area contributed by atoms with Gasteiger partial charge in [-0.25, -0.2) is 0 Å². The summed E-state index contributed by atoms with van der Waals surface area (Å²) in [5, 5.41) is 3.12. The summed E-state index contributed by atoms with van der Waals surface area (Å²) in [5.41, 5.74) is 0. The normalized spacial score (nSPS) is 19.2. The molecule has 1 saturated heterocycles. The highest BCUT2D eigenvalue weighted by molar-refractivity contribution is 5.84. The van der Waals surface area contributed by atoms with Gasteiger partial charge in [-0.05, 0) is 31.8 Å². The molecule has 0 aromatic heterocycles. The Morgan fingerprint density at radius 3 is 2.38 bits per heavy atom. The number of piperidine rings is 1. The molecule has 122 valence electrons. The molecule has 1 atom stereocenters. The number of nitrogens with zero attached hydrogens (tertiary/aromatic N) is 2. The Hall–Kier alpha value is -1.31. The smallest absolute Gasteiger partial charge is 0.347 e. The van der Waals surface area contributed by atoms with Crippen molar-refractivity contribution in [2.45, 2.75) is 25.4 Å². The van der Waals surface area contributed by atoms with E-state index in [1.54, 1.807) is 0 Å². The second kappa shape index (κ2) is 7.63. The zero-order valence-electron chi connectivity index (χ0n) is 12.4. The molecule has 1 N–H and O–H groups in total. The molecule has 21 heavy (non-hydrogen) atoms. The van der Waals surface area contributed by atoms with E-state index >= 15 is 0 Å². The molecule has 8 heteroatoms. The van der Waals surface area contributed by atoms with Gasteiger partial charge in [0.2, 0.25) is 11.8 Å². The van der Waals surface area contributed by atoms with Crippen LogP contribution in [0.15, 0.2) is 0 Å². The zero-order chi connectivity index (χ0) is 16.0. The number of likely N-dealkylation sites (N-methyl/N-ethyl adjacent to an activating group) is 1. The number of halogens is 3. The summed E-state index contributed by atoms with van der Waals surface area (Å²) in [6, 6.07) is 0. The number of hydrogen-bond donors (Lipinski definition) is 1. The molecule has 1 aliphatic heterocycles. The molecule has 0 aliphatic carbocycles. The van der Waals surface area contributed by atoms with Crippen molar-refractivity contribution in [2.24, 2.45) is 5.92 Å². The molecule has 0 spiro atoms. The maximum Gasteiger partial charge on any atom is 0.406 e. The first-order chi connectivity index (χ1) is 9.69. The maximum atomic E-state index is 12.6. The molecule has 0 radical (unpaired) electrons. The number of rotatable bonds is 5. The monoisotopic (exact) mass is 309 g/mol. The molecule has 1 rings (SSSR count). The molecule has 0 saturated carbocycles. The Labute approximate surface area is 122 Å². The summed E-state index contributed by atoms with van der Waals surface area (Å²) in [6.07, 6.45) is -2.73. The van der Waals surface area contributed by atoms with Gasteiger partial charge in [0.05, 0.1) is 0 Å². The Morgan fingerprint density at radius 2 is 1.90 bits per heavy atom. The molecular formula is C13H22F3N3O2. The van der Waals surface area contributed by atoms with E-state index in [1.165, 1.54) is 19.0 Å². The first-order valence-corrected chi connectivity index (χ1v) is 6.94. The van der Waals surface area contributed by atoms with Crippen LogP contribution < -0.4 is 5.32 Å². The minimum Gasteiger partial charge on any atom is -0.347 e. The van der Waals surface area contributed by atoms with E-state index < -0.39 is 31.1 Å². The van der Waals surface area contributed by atoms with Gasteiger partial charge >= 0.3 is 6.18 Å². The highest BCUT2D eigenvalue weighted by atomic mass is 19.4. The average Bonchev–Trinajstić information content (AvgIpc) is 2.37. The van der Waals surface area contributed by atoms with Crippen molar-refractivity contribution >= 4 is 11.8 Å². The average molecular weight is 309 g/mol. The van der Waals surface area contributed by atoms with Gasteiger partial charge in [0.1, 0.15) is 13.1 Å². The van der Waals surface area contributed by atoms with Gasteiger partial charge < -0.3 is 15.1 Å². The van der Waals surface area contributed by atoms with E-state index in [4.69, 9.17) is 0 Å². The fraction of sp³-hybridized carbons (Fsp3) is 0.846. The van der Waals surface area contributed by atoms with Crippen LogP contribution in [0.1, 0.15) is 19.3 Å². The SMILES string of the molecule is CN(C)C(=O)CN(CC(F)(F)F)C(=O)CC1CCCNC1. The van der Waals surface area contributed by atoms with Crippen LogP contribution in [0.2, 0.25) is 0 Å². The number of nitrogens with one attached hydrogen (secondary N) is 1. The van der Waals surface area contributed by atoms with Crippen LogP contribution in [-0.2, 0) is 9.59 Å². The van der Waals surface area contributed by atoms with E-state index in [0.29, 0.717) is 11.4 Å². The standard InChI is InChI=1S/C13H22F3N3O2/c1-18(2)12(21)8-19(9-13(14,15)16)11(20)6-10-4-3-5-17-7-10/h10,17H,3-9H2,1-2H3. The molecule has 1 fully saturated rings. The summed E-state index contributed by atoms with van der Waals surface area (Å²) in [6.45, 7) is -0.416. The van der Waals surface area contributed by atoms with E-state index in [2.05, 4.69) is 5.32 Å². The third-order valence-corrected chi connectivity index (χ3v) is 3.41. The van der Waals surface area contributed by atoms with Crippen molar-refractivity contribution in [1.29, 1.82) is 0 Å². The Kier molecular flexibility index (Phi) is 6.44. The number of amides is 2. The van der Waals surface area contributed by atoms with E-state index in [9.17, 15) is 22.8 Å². The van der Waals surface area contributed by atoms with Crippen LogP contribution in [0.25, 0.3) is 0 Å². The Bertz CT molecular complexity index is 366. The summed E-state index contributed by atoms with van der Waals surface area (Å²) < 4.78 is 37.7. The predicted molar refractivity (Wildman–Crippen MR) is 71.5 cm³/mol. The summed E-state index contributed by atoms with van der Waals surface area (Å²) >= 11 is 0. The molecule has 2 amide bonds. The molecule has 1 aliphatic rings. The fourth-order valence-corrected chi connectivity index (χ4v) is 2.23. The lowest BCUT2D eigenvalue weighted by Gasteiger charge is -2.28. The van der Waals surface area contributed by atoms with E-state index in [1.807, 2.05) is 0 Å². The second-order valence-corrected chi connectivity index (χ2v) is 5.57. The van der Waals surface area contributed by atoms with Crippen molar-refractivity contribution in [3.8, 4) is 0 Å². The largest absolute Gasteiger partial charge is 0.406 e. The van der Waals surface area contributed by atoms with Crippen LogP contribution in [0.5, 0.6) is 0 Å². The van der Waals surface area contributed by atoms with Crippen LogP contribution in [0, 0.1) is 5.92 Å². The van der Waals surface area contributed by atoms with Gasteiger partial charge in [-0.3, -0.25) is 9.59 Å². The molecular weight excluding hydrogens is 287 g/mol. The minimum absolute atomic E-state index is 0.0384. The second-order valence-electron chi connectivity index (χ2n) is 5.57. The molecule has 1 heterocycles. The van der Waals surface area contributed by atoms with Crippen LogP contribution in [0.3, 0.4) is 0 Å². The summed E-state index contributed by atoms with van der Waals surface area (Å²) in [4.78, 5) is 25.5. The predicted octanol–water partition coefficient (Wildman–Crippen LogP) is 0.855.